The minimum Gasteiger partial charge on any atom is -0.208 e. The number of hydrogen-bond donors (Lipinski definition) is 0. The molecule has 0 saturated carbocycles. The van der Waals surface area contributed by atoms with Gasteiger partial charge in [0.2, 0.25) is 0 Å². The zero-order valence-corrected chi connectivity index (χ0v) is 31.5. The second-order valence-electron chi connectivity index (χ2n) is 14.3. The molecule has 56 heavy (non-hydrogen) atoms. The van der Waals surface area contributed by atoms with Crippen molar-refractivity contribution in [1.29, 1.82) is 0 Å². The molecule has 0 aliphatic heterocycles. The number of nitrogens with zero attached hydrogens (tertiary/aromatic N) is 3. The maximum Gasteiger partial charge on any atom is 0.164 e. The van der Waals surface area contributed by atoms with Crippen LogP contribution in [0.5, 0.6) is 0 Å². The minimum atomic E-state index is 0.657. The fraction of sp³-hybridized carbons (Fsp3) is 0. The van der Waals surface area contributed by atoms with E-state index in [4.69, 9.17) is 15.0 Å². The first kappa shape index (κ1) is 31.5. The molecule has 260 valence electrons. The van der Waals surface area contributed by atoms with Crippen LogP contribution < -0.4 is 0 Å². The lowest BCUT2D eigenvalue weighted by atomic mass is 9.91. The standard InChI is InChI=1S/C51H29N3S2/c1-2-12-30(13-3-1)49-52-50(32-23-25-40-39-18-8-10-20-44(39)55-46(40)28-32)54-51(53-49)43-27-33(29-47-48(43)41-19-9-11-21-45(41)56-47)31-22-24-38-36-16-5-4-14-34(36)35-15-6-7-17-37(35)42(38)26-31/h1-29H. The van der Waals surface area contributed by atoms with E-state index in [1.807, 2.05) is 40.9 Å². The Hall–Kier alpha value is -6.79. The number of hydrogen-bond acceptors (Lipinski definition) is 5. The molecule has 0 aliphatic carbocycles. The molecule has 5 heteroatoms. The first-order chi connectivity index (χ1) is 27.7. The maximum absolute atomic E-state index is 5.34. The average molecular weight is 748 g/mol. The van der Waals surface area contributed by atoms with Crippen LogP contribution in [0.15, 0.2) is 176 Å². The summed E-state index contributed by atoms with van der Waals surface area (Å²) in [7, 11) is 0. The molecule has 3 heterocycles. The summed E-state index contributed by atoms with van der Waals surface area (Å²) < 4.78 is 4.94. The third-order valence-electron chi connectivity index (χ3n) is 11.1. The highest BCUT2D eigenvalue weighted by Crippen LogP contribution is 2.44. The van der Waals surface area contributed by atoms with E-state index in [0.717, 1.165) is 27.8 Å². The second kappa shape index (κ2) is 12.4. The molecule has 0 bridgehead atoms. The van der Waals surface area contributed by atoms with Crippen LogP contribution in [0.2, 0.25) is 0 Å². The summed E-state index contributed by atoms with van der Waals surface area (Å²) >= 11 is 3.63. The Balaban J connectivity index is 1.12. The molecule has 0 aliphatic rings. The van der Waals surface area contributed by atoms with Crippen molar-refractivity contribution in [3.8, 4) is 45.3 Å². The molecule has 0 atom stereocenters. The molecule has 0 spiro atoms. The lowest BCUT2D eigenvalue weighted by molar-refractivity contribution is 1.08. The molecule has 0 saturated heterocycles. The van der Waals surface area contributed by atoms with E-state index in [1.54, 1.807) is 0 Å². The number of rotatable bonds is 4. The summed E-state index contributed by atoms with van der Waals surface area (Å²) in [5.74, 6) is 1.98. The van der Waals surface area contributed by atoms with E-state index in [-0.39, 0.29) is 0 Å². The van der Waals surface area contributed by atoms with Gasteiger partial charge in [0, 0.05) is 57.0 Å². The van der Waals surface area contributed by atoms with E-state index in [9.17, 15) is 0 Å². The van der Waals surface area contributed by atoms with Gasteiger partial charge in [-0.05, 0) is 79.8 Å². The molecule has 12 aromatic rings. The Morgan fingerprint density at radius 2 is 0.750 bits per heavy atom. The fourth-order valence-corrected chi connectivity index (χ4v) is 10.8. The van der Waals surface area contributed by atoms with E-state index >= 15 is 0 Å². The lowest BCUT2D eigenvalue weighted by Crippen LogP contribution is -2.00. The van der Waals surface area contributed by atoms with Crippen LogP contribution in [-0.4, -0.2) is 15.0 Å². The van der Waals surface area contributed by atoms with Gasteiger partial charge in [0.25, 0.3) is 0 Å². The van der Waals surface area contributed by atoms with Crippen molar-refractivity contribution in [2.75, 3.05) is 0 Å². The smallest absolute Gasteiger partial charge is 0.164 e. The van der Waals surface area contributed by atoms with Crippen LogP contribution in [0.4, 0.5) is 0 Å². The molecule has 0 amide bonds. The normalized spacial score (nSPS) is 11.9. The van der Waals surface area contributed by atoms with Gasteiger partial charge in [-0.1, -0.05) is 140 Å². The monoisotopic (exact) mass is 747 g/mol. The molecule has 3 aromatic heterocycles. The molecule has 12 rings (SSSR count). The average Bonchev–Trinajstić information content (AvgIpc) is 3.84. The van der Waals surface area contributed by atoms with Gasteiger partial charge < -0.3 is 0 Å². The van der Waals surface area contributed by atoms with Gasteiger partial charge in [-0.3, -0.25) is 0 Å². The van der Waals surface area contributed by atoms with Gasteiger partial charge in [0.15, 0.2) is 17.5 Å². The van der Waals surface area contributed by atoms with Crippen LogP contribution >= 0.6 is 22.7 Å². The van der Waals surface area contributed by atoms with Crippen LogP contribution in [0.25, 0.3) is 118 Å². The topological polar surface area (TPSA) is 38.7 Å². The molecule has 9 aromatic carbocycles. The largest absolute Gasteiger partial charge is 0.208 e. The van der Waals surface area contributed by atoms with E-state index in [1.165, 1.54) is 72.7 Å². The number of fused-ring (bicyclic) bond motifs is 12. The minimum absolute atomic E-state index is 0.657. The molecule has 3 nitrogen and oxygen atoms in total. The SMILES string of the molecule is c1ccc(-c2nc(-c3ccc4c(c3)sc3ccccc34)nc(-c3cc(-c4ccc5c6ccccc6c6ccccc6c5c4)cc4sc5ccccc5c34)n2)cc1. The van der Waals surface area contributed by atoms with Gasteiger partial charge in [0.05, 0.1) is 0 Å². The van der Waals surface area contributed by atoms with Crippen molar-refractivity contribution in [3.63, 3.8) is 0 Å². The third kappa shape index (κ3) is 4.92. The maximum atomic E-state index is 5.34. The zero-order valence-electron chi connectivity index (χ0n) is 29.9. The van der Waals surface area contributed by atoms with Crippen molar-refractivity contribution >= 4 is 95.3 Å². The highest BCUT2D eigenvalue weighted by molar-refractivity contribution is 7.26. The summed E-state index contributed by atoms with van der Waals surface area (Å²) in [6.45, 7) is 0. The van der Waals surface area contributed by atoms with Gasteiger partial charge in [-0.2, -0.15) is 0 Å². The van der Waals surface area contributed by atoms with Gasteiger partial charge in [-0.15, -0.1) is 22.7 Å². The molecule has 0 unspecified atom stereocenters. The summed E-state index contributed by atoms with van der Waals surface area (Å²) in [5.41, 5.74) is 5.22. The van der Waals surface area contributed by atoms with Crippen LogP contribution in [0, 0.1) is 0 Å². The van der Waals surface area contributed by atoms with E-state index in [2.05, 4.69) is 158 Å². The summed E-state index contributed by atoms with van der Waals surface area (Å²) in [5, 5.41) is 12.5. The van der Waals surface area contributed by atoms with Crippen molar-refractivity contribution in [2.24, 2.45) is 0 Å². The highest BCUT2D eigenvalue weighted by Gasteiger charge is 2.20. The van der Waals surface area contributed by atoms with Gasteiger partial charge in [-0.25, -0.2) is 15.0 Å². The van der Waals surface area contributed by atoms with Crippen LogP contribution in [0.3, 0.4) is 0 Å². The highest BCUT2D eigenvalue weighted by atomic mass is 32.1. The quantitative estimate of drug-likeness (QED) is 0.168. The summed E-state index contributed by atoms with van der Waals surface area (Å²) in [6, 6.07) is 63.3. The first-order valence-corrected chi connectivity index (χ1v) is 20.4. The molecular formula is C51H29N3S2. The Morgan fingerprint density at radius 1 is 0.268 bits per heavy atom. The number of thiophene rings is 2. The van der Waals surface area contributed by atoms with E-state index < -0.39 is 0 Å². The third-order valence-corrected chi connectivity index (χ3v) is 13.4. The first-order valence-electron chi connectivity index (χ1n) is 18.8. The van der Waals surface area contributed by atoms with Crippen molar-refractivity contribution in [3.05, 3.63) is 176 Å². The summed E-state index contributed by atoms with van der Waals surface area (Å²) in [6.07, 6.45) is 0. The predicted molar refractivity (Wildman–Crippen MR) is 240 cm³/mol. The molecule has 0 N–H and O–H groups in total. The molecule has 0 radical (unpaired) electrons. The van der Waals surface area contributed by atoms with Gasteiger partial charge >= 0.3 is 0 Å². The van der Waals surface area contributed by atoms with Crippen molar-refractivity contribution in [2.45, 2.75) is 0 Å². The fourth-order valence-electron chi connectivity index (χ4n) is 8.49. The Morgan fingerprint density at radius 3 is 1.48 bits per heavy atom. The van der Waals surface area contributed by atoms with Crippen LogP contribution in [0.1, 0.15) is 0 Å². The zero-order chi connectivity index (χ0) is 36.7. The number of benzene rings is 9. The van der Waals surface area contributed by atoms with Crippen molar-refractivity contribution in [1.82, 2.24) is 15.0 Å². The number of aromatic nitrogens is 3. The Kier molecular flexibility index (Phi) is 6.97. The Labute approximate surface area is 329 Å². The van der Waals surface area contributed by atoms with Crippen molar-refractivity contribution < 1.29 is 0 Å². The van der Waals surface area contributed by atoms with E-state index in [0.29, 0.717) is 17.5 Å². The van der Waals surface area contributed by atoms with Gasteiger partial charge in [0.1, 0.15) is 0 Å². The lowest BCUT2D eigenvalue weighted by Gasteiger charge is -2.14. The van der Waals surface area contributed by atoms with Crippen LogP contribution in [-0.2, 0) is 0 Å². The second-order valence-corrected chi connectivity index (χ2v) is 16.5. The predicted octanol–water partition coefficient (Wildman–Crippen LogP) is 14.7. The molecule has 0 fully saturated rings. The molecular weight excluding hydrogens is 719 g/mol. The summed E-state index contributed by atoms with van der Waals surface area (Å²) in [4.78, 5) is 15.8. The Bertz CT molecular complexity index is 3510.